The summed E-state index contributed by atoms with van der Waals surface area (Å²) in [5.41, 5.74) is 0.379. The van der Waals surface area contributed by atoms with E-state index in [0.717, 1.165) is 0 Å². The highest BCUT2D eigenvalue weighted by atomic mass is 16.5. The number of aromatic nitrogens is 5. The first-order valence-corrected chi connectivity index (χ1v) is 5.12. The molecule has 0 aromatic carbocycles. The number of hydrogen-bond donors (Lipinski definition) is 1. The van der Waals surface area contributed by atoms with Gasteiger partial charge in [0.1, 0.15) is 6.54 Å². The van der Waals surface area contributed by atoms with Crippen LogP contribution in [0.4, 0.5) is 0 Å². The molecule has 0 unspecified atom stereocenters. The van der Waals surface area contributed by atoms with E-state index in [9.17, 15) is 4.79 Å². The van der Waals surface area contributed by atoms with Gasteiger partial charge in [-0.3, -0.25) is 0 Å². The summed E-state index contributed by atoms with van der Waals surface area (Å²) in [7, 11) is 1.54. The van der Waals surface area contributed by atoms with E-state index >= 15 is 0 Å². The summed E-state index contributed by atoms with van der Waals surface area (Å²) in [6, 6.07) is 0. The fourth-order valence-electron chi connectivity index (χ4n) is 1.47. The predicted molar refractivity (Wildman–Crippen MR) is 56.0 cm³/mol. The first-order chi connectivity index (χ1) is 8.72. The van der Waals surface area contributed by atoms with Gasteiger partial charge < -0.3 is 14.4 Å². The number of hydrogen-bond acceptors (Lipinski definition) is 7. The molecular formula is C9H11N5O4. The highest BCUT2D eigenvalue weighted by Crippen LogP contribution is 2.08. The molecule has 0 fully saturated rings. The Balaban J connectivity index is 2.25. The third kappa shape index (κ3) is 2.51. The van der Waals surface area contributed by atoms with Gasteiger partial charge in [-0.05, 0) is 0 Å². The lowest BCUT2D eigenvalue weighted by Gasteiger charge is -2.04. The molecule has 0 spiro atoms. The molecule has 0 saturated carbocycles. The largest absolute Gasteiger partial charge is 0.476 e. The third-order valence-electron chi connectivity index (χ3n) is 2.28. The van der Waals surface area contributed by atoms with Gasteiger partial charge >= 0.3 is 5.97 Å². The minimum atomic E-state index is -1.12. The lowest BCUT2D eigenvalue weighted by atomic mass is 10.2. The zero-order valence-electron chi connectivity index (χ0n) is 9.61. The van der Waals surface area contributed by atoms with Crippen molar-refractivity contribution in [2.75, 3.05) is 13.7 Å². The predicted octanol–water partition coefficient (Wildman–Crippen LogP) is -0.404. The van der Waals surface area contributed by atoms with Crippen LogP contribution in [0.5, 0.6) is 0 Å². The second-order valence-electron chi connectivity index (χ2n) is 3.44. The summed E-state index contributed by atoms with van der Waals surface area (Å²) in [5, 5.41) is 20.0. The summed E-state index contributed by atoms with van der Waals surface area (Å²) in [5.74, 6) is -0.726. The molecule has 0 aliphatic carbocycles. The van der Waals surface area contributed by atoms with E-state index < -0.39 is 5.97 Å². The highest BCUT2D eigenvalue weighted by Gasteiger charge is 2.19. The van der Waals surface area contributed by atoms with Crippen LogP contribution in [0.15, 0.2) is 10.9 Å². The zero-order valence-corrected chi connectivity index (χ0v) is 9.61. The number of rotatable bonds is 6. The van der Waals surface area contributed by atoms with Crippen LogP contribution in [0.3, 0.4) is 0 Å². The molecule has 2 aromatic rings. The SMILES string of the molecule is COCCc1c(C(=O)O)nnn1Cc1ncon1. The van der Waals surface area contributed by atoms with Crippen molar-refractivity contribution in [3.8, 4) is 0 Å². The van der Waals surface area contributed by atoms with Crippen molar-refractivity contribution in [2.24, 2.45) is 0 Å². The van der Waals surface area contributed by atoms with Crippen LogP contribution in [0.25, 0.3) is 0 Å². The van der Waals surface area contributed by atoms with E-state index in [1.54, 1.807) is 0 Å². The van der Waals surface area contributed by atoms with Crippen LogP contribution >= 0.6 is 0 Å². The number of carboxylic acid groups (broad SMARTS) is 1. The number of carboxylic acids is 1. The molecule has 0 atom stereocenters. The number of carbonyl (C=O) groups is 1. The average Bonchev–Trinajstić information content (AvgIpc) is 2.96. The first-order valence-electron chi connectivity index (χ1n) is 5.12. The van der Waals surface area contributed by atoms with Gasteiger partial charge in [0, 0.05) is 13.5 Å². The van der Waals surface area contributed by atoms with Crippen molar-refractivity contribution in [2.45, 2.75) is 13.0 Å². The Morgan fingerprint density at radius 3 is 3.06 bits per heavy atom. The fraction of sp³-hybridized carbons (Fsp3) is 0.444. The molecule has 96 valence electrons. The minimum absolute atomic E-state index is 0.0875. The molecule has 2 rings (SSSR count). The van der Waals surface area contributed by atoms with E-state index in [-0.39, 0.29) is 12.2 Å². The van der Waals surface area contributed by atoms with Gasteiger partial charge in [0.15, 0.2) is 11.5 Å². The van der Waals surface area contributed by atoms with Gasteiger partial charge in [0.05, 0.1) is 12.3 Å². The van der Waals surface area contributed by atoms with Crippen molar-refractivity contribution < 1.29 is 19.2 Å². The van der Waals surface area contributed by atoms with E-state index in [1.807, 2.05) is 0 Å². The molecule has 0 saturated heterocycles. The maximum Gasteiger partial charge on any atom is 0.358 e. The van der Waals surface area contributed by atoms with Crippen molar-refractivity contribution in [1.29, 1.82) is 0 Å². The maximum absolute atomic E-state index is 11.0. The standard InChI is InChI=1S/C9H11N5O4/c1-17-3-2-6-8(9(15)16)11-13-14(6)4-7-10-5-18-12-7/h5H,2-4H2,1H3,(H,15,16). The van der Waals surface area contributed by atoms with Crippen LogP contribution in [-0.4, -0.2) is 49.9 Å². The Labute approximate surface area is 101 Å². The molecule has 18 heavy (non-hydrogen) atoms. The summed E-state index contributed by atoms with van der Waals surface area (Å²) < 4.78 is 11.0. The summed E-state index contributed by atoms with van der Waals surface area (Å²) in [6.07, 6.45) is 1.59. The van der Waals surface area contributed by atoms with E-state index in [1.165, 1.54) is 18.2 Å². The molecule has 0 bridgehead atoms. The molecule has 9 nitrogen and oxygen atoms in total. The average molecular weight is 253 g/mol. The number of aromatic carboxylic acids is 1. The summed E-state index contributed by atoms with van der Waals surface area (Å²) >= 11 is 0. The number of methoxy groups -OCH3 is 1. The molecule has 0 aliphatic rings. The molecule has 2 aromatic heterocycles. The van der Waals surface area contributed by atoms with Crippen molar-refractivity contribution in [3.05, 3.63) is 23.6 Å². The number of nitrogens with zero attached hydrogens (tertiary/aromatic N) is 5. The van der Waals surface area contributed by atoms with Crippen LogP contribution in [0, 0.1) is 0 Å². The van der Waals surface area contributed by atoms with Crippen molar-refractivity contribution in [1.82, 2.24) is 25.1 Å². The smallest absolute Gasteiger partial charge is 0.358 e. The molecule has 0 radical (unpaired) electrons. The first kappa shape index (κ1) is 12.2. The molecular weight excluding hydrogens is 242 g/mol. The Morgan fingerprint density at radius 1 is 1.61 bits per heavy atom. The normalized spacial score (nSPS) is 10.7. The molecule has 9 heteroatoms. The molecule has 2 heterocycles. The van der Waals surface area contributed by atoms with Crippen LogP contribution in [0.1, 0.15) is 22.0 Å². The highest BCUT2D eigenvalue weighted by molar-refractivity contribution is 5.86. The van der Waals surface area contributed by atoms with Gasteiger partial charge in [-0.1, -0.05) is 10.4 Å². The van der Waals surface area contributed by atoms with Crippen molar-refractivity contribution >= 4 is 5.97 Å². The Bertz CT molecular complexity index is 521. The molecule has 0 aliphatic heterocycles. The zero-order chi connectivity index (χ0) is 13.0. The topological polar surface area (TPSA) is 116 Å². The van der Waals surface area contributed by atoms with Crippen LogP contribution < -0.4 is 0 Å². The third-order valence-corrected chi connectivity index (χ3v) is 2.28. The summed E-state index contributed by atoms with van der Waals surface area (Å²) in [4.78, 5) is 14.8. The monoisotopic (exact) mass is 253 g/mol. The second kappa shape index (κ2) is 5.36. The molecule has 0 amide bonds. The van der Waals surface area contributed by atoms with Gasteiger partial charge in [-0.2, -0.15) is 4.98 Å². The maximum atomic E-state index is 11.0. The lowest BCUT2D eigenvalue weighted by molar-refractivity contribution is 0.0688. The van der Waals surface area contributed by atoms with Crippen LogP contribution in [0.2, 0.25) is 0 Å². The summed E-state index contributed by atoms with van der Waals surface area (Å²) in [6.45, 7) is 0.579. The Hall–Kier alpha value is -2.29. The van der Waals surface area contributed by atoms with Gasteiger partial charge in [0.2, 0.25) is 6.39 Å². The van der Waals surface area contributed by atoms with E-state index in [2.05, 4.69) is 25.0 Å². The second-order valence-corrected chi connectivity index (χ2v) is 3.44. The quantitative estimate of drug-likeness (QED) is 0.738. The van der Waals surface area contributed by atoms with E-state index in [4.69, 9.17) is 9.84 Å². The number of ether oxygens (including phenoxy) is 1. The minimum Gasteiger partial charge on any atom is -0.476 e. The Morgan fingerprint density at radius 2 is 2.44 bits per heavy atom. The lowest BCUT2D eigenvalue weighted by Crippen LogP contribution is -2.12. The van der Waals surface area contributed by atoms with Crippen LogP contribution in [-0.2, 0) is 17.7 Å². The Kier molecular flexibility index (Phi) is 3.63. The molecule has 1 N–H and O–H groups in total. The fourth-order valence-corrected chi connectivity index (χ4v) is 1.47. The van der Waals surface area contributed by atoms with Gasteiger partial charge in [-0.25, -0.2) is 9.48 Å². The van der Waals surface area contributed by atoms with Crippen molar-refractivity contribution in [3.63, 3.8) is 0 Å². The van der Waals surface area contributed by atoms with Gasteiger partial charge in [-0.15, -0.1) is 5.10 Å². The van der Waals surface area contributed by atoms with Gasteiger partial charge in [0.25, 0.3) is 0 Å². The van der Waals surface area contributed by atoms with E-state index in [0.29, 0.717) is 24.5 Å².